The maximum absolute atomic E-state index is 9.13. The monoisotopic (exact) mass is 1030 g/mol. The zero-order valence-electron chi connectivity index (χ0n) is 50.1. The van der Waals surface area contributed by atoms with Crippen molar-refractivity contribution in [3.63, 3.8) is 0 Å². The molecule has 0 saturated carbocycles. The molecule has 0 amide bonds. The minimum absolute atomic E-state index is 0.0792. The average molecular weight is 1030 g/mol. The van der Waals surface area contributed by atoms with Crippen LogP contribution < -0.4 is 9.64 Å². The second-order valence-electron chi connectivity index (χ2n) is 22.9. The fourth-order valence-corrected chi connectivity index (χ4v) is 11.9. The molecular weight excluding hydrogens is 961 g/mol. The van der Waals surface area contributed by atoms with Gasteiger partial charge in [-0.25, -0.2) is 4.98 Å². The maximum Gasteiger partial charge on any atom is 0.137 e. The molecule has 0 aliphatic carbocycles. The quantitative estimate of drug-likeness (QED) is 0.160. The molecule has 10 aromatic carbocycles. The van der Waals surface area contributed by atoms with Crippen LogP contribution in [0.4, 0.5) is 11.4 Å². The number of anilines is 2. The van der Waals surface area contributed by atoms with Gasteiger partial charge in [0.2, 0.25) is 0 Å². The van der Waals surface area contributed by atoms with E-state index < -0.39 is 6.04 Å². The number of hydrogen-bond donors (Lipinski definition) is 0. The van der Waals surface area contributed by atoms with Gasteiger partial charge in [0.1, 0.15) is 24.0 Å². The summed E-state index contributed by atoms with van der Waals surface area (Å²) in [6.45, 7) is 13.6. The lowest BCUT2D eigenvalue weighted by atomic mass is 9.83. The Hall–Kier alpha value is -9.45. The largest absolute Gasteiger partial charge is 0.457 e. The van der Waals surface area contributed by atoms with Crippen molar-refractivity contribution in [2.24, 2.45) is 0 Å². The van der Waals surface area contributed by atoms with Crippen molar-refractivity contribution in [1.29, 1.82) is 0 Å². The Morgan fingerprint density at radius 1 is 0.430 bits per heavy atom. The van der Waals surface area contributed by atoms with E-state index in [9.17, 15) is 0 Å². The van der Waals surface area contributed by atoms with Crippen molar-refractivity contribution in [3.05, 3.63) is 254 Å². The van der Waals surface area contributed by atoms with Crippen molar-refractivity contribution in [2.75, 3.05) is 4.90 Å². The highest BCUT2D eigenvalue weighted by molar-refractivity contribution is 6.22. The van der Waals surface area contributed by atoms with Gasteiger partial charge in [-0.2, -0.15) is 0 Å². The van der Waals surface area contributed by atoms with Crippen LogP contribution in [0.3, 0.4) is 0 Å². The van der Waals surface area contributed by atoms with E-state index in [-0.39, 0.29) is 40.6 Å². The summed E-state index contributed by atoms with van der Waals surface area (Å²) in [5.74, 6) is 2.23. The van der Waals surface area contributed by atoms with Crippen LogP contribution in [0.1, 0.15) is 59.5 Å². The number of nitrogens with zero attached hydrogens (tertiary/aromatic N) is 4. The van der Waals surface area contributed by atoms with Crippen LogP contribution in [0.2, 0.25) is 0 Å². The molecule has 14 rings (SSSR count). The topological polar surface area (TPSA) is 35.2 Å². The number of ether oxygens (including phenoxy) is 1. The van der Waals surface area contributed by atoms with Crippen molar-refractivity contribution < 1.29 is 11.6 Å². The zero-order chi connectivity index (χ0) is 57.9. The van der Waals surface area contributed by atoms with E-state index >= 15 is 0 Å². The SMILES string of the molecule is [2H]c1c([2H])c([2H])c(-c2cc(-c3cccc4c5ccccc5c5ccccc5c5cccc6c5n(c34)CN6c3cccc(Oc4ccc5c6cc(-c7ccccc7)ccc6n(-c6cc(C(C)(C)C)ccn6)c5c4)c3)cc(C(C)(C)C)c2)c([2H])c1[2H]. The van der Waals surface area contributed by atoms with E-state index in [1.807, 2.05) is 30.5 Å². The highest BCUT2D eigenvalue weighted by atomic mass is 16.5. The molecule has 3 aromatic heterocycles. The van der Waals surface area contributed by atoms with E-state index in [0.29, 0.717) is 23.7 Å². The Labute approximate surface area is 468 Å². The van der Waals surface area contributed by atoms with Gasteiger partial charge in [0.15, 0.2) is 0 Å². The summed E-state index contributed by atoms with van der Waals surface area (Å²) in [5.41, 5.74) is 12.6. The van der Waals surface area contributed by atoms with Crippen molar-refractivity contribution in [3.8, 4) is 50.7 Å². The molecule has 1 aliphatic rings. The number of pyridine rings is 1. The third kappa shape index (κ3) is 8.36. The molecule has 0 radical (unpaired) electrons. The van der Waals surface area contributed by atoms with Gasteiger partial charge in [-0.3, -0.25) is 4.57 Å². The van der Waals surface area contributed by atoms with Crippen molar-refractivity contribution in [1.82, 2.24) is 14.1 Å². The Bertz CT molecular complexity index is 4920. The Morgan fingerprint density at radius 3 is 1.81 bits per heavy atom. The number of para-hydroxylation sites is 2. The predicted octanol–water partition coefficient (Wildman–Crippen LogP) is 20.2. The zero-order valence-corrected chi connectivity index (χ0v) is 45.1. The first-order chi connectivity index (χ1) is 40.5. The molecule has 0 bridgehead atoms. The summed E-state index contributed by atoms with van der Waals surface area (Å²) in [6, 6.07) is 71.2. The first-order valence-corrected chi connectivity index (χ1v) is 27.1. The van der Waals surface area contributed by atoms with Gasteiger partial charge >= 0.3 is 0 Å². The molecule has 13 aromatic rings. The summed E-state index contributed by atoms with van der Waals surface area (Å²) in [4.78, 5) is 7.36. The number of fused-ring (bicyclic) bond motifs is 10. The van der Waals surface area contributed by atoms with Crippen LogP contribution in [0.25, 0.3) is 104 Å². The molecule has 5 nitrogen and oxygen atoms in total. The number of rotatable bonds is 7. The van der Waals surface area contributed by atoms with E-state index in [1.165, 1.54) is 5.56 Å². The second kappa shape index (κ2) is 18.6. The first-order valence-electron chi connectivity index (χ1n) is 29.6. The molecule has 4 heterocycles. The van der Waals surface area contributed by atoms with Crippen LogP contribution in [0.15, 0.2) is 243 Å². The standard InChI is InChI=1S/C74H60N4O/c1-73(2,3)53-38-39-75-70(44-53)78-67-37-34-50(48-20-9-7-10-21-48)43-66(67)63-36-35-57(46-69(63)78)79-56-25-17-24-55(45-56)76-47-77-71-58(52-40-51(49-22-11-8-12-23-49)41-54(42-52)74(4,5)6)30-18-31-64(71)61-28-15-13-26-59(61)60-27-14-16-29-62(60)65-32-19-33-68(76)72(65)77/h7-46H,47H2,1-6H3/i8D,11D,12D,22D,23D. The van der Waals surface area contributed by atoms with Crippen LogP contribution in [0, 0.1) is 0 Å². The Kier molecular flexibility index (Phi) is 10.1. The third-order valence-electron chi connectivity index (χ3n) is 15.8. The Balaban J connectivity index is 0.958. The molecule has 382 valence electrons. The highest BCUT2D eigenvalue weighted by Gasteiger charge is 2.27. The van der Waals surface area contributed by atoms with Gasteiger partial charge in [0.05, 0.1) is 34.6 Å². The van der Waals surface area contributed by atoms with E-state index in [0.717, 1.165) is 110 Å². The molecule has 0 saturated heterocycles. The number of benzene rings is 10. The van der Waals surface area contributed by atoms with Gasteiger partial charge in [-0.1, -0.05) is 205 Å². The van der Waals surface area contributed by atoms with Gasteiger partial charge in [-0.05, 0) is 132 Å². The Morgan fingerprint density at radius 2 is 1.08 bits per heavy atom. The molecule has 0 spiro atoms. The molecule has 79 heavy (non-hydrogen) atoms. The summed E-state index contributed by atoms with van der Waals surface area (Å²) < 4.78 is 55.8. The van der Waals surface area contributed by atoms with E-state index in [2.05, 4.69) is 238 Å². The summed E-state index contributed by atoms with van der Waals surface area (Å²) in [7, 11) is 0. The average Bonchev–Trinajstić information content (AvgIpc) is 1.86. The third-order valence-corrected chi connectivity index (χ3v) is 15.8. The smallest absolute Gasteiger partial charge is 0.137 e. The first kappa shape index (κ1) is 42.6. The fraction of sp³-hybridized carbons (Fsp3) is 0.122. The maximum atomic E-state index is 9.13. The highest BCUT2D eigenvalue weighted by Crippen LogP contribution is 2.46. The predicted molar refractivity (Wildman–Crippen MR) is 333 cm³/mol. The van der Waals surface area contributed by atoms with Gasteiger partial charge < -0.3 is 14.2 Å². The molecule has 0 fully saturated rings. The number of aromatic nitrogens is 3. The normalized spacial score (nSPS) is 13.5. The van der Waals surface area contributed by atoms with Gasteiger partial charge in [0.25, 0.3) is 0 Å². The van der Waals surface area contributed by atoms with E-state index in [4.69, 9.17) is 16.6 Å². The lowest BCUT2D eigenvalue weighted by Crippen LogP contribution is -2.15. The molecule has 1 aliphatic heterocycles. The van der Waals surface area contributed by atoms with Gasteiger partial charge in [-0.15, -0.1) is 0 Å². The van der Waals surface area contributed by atoms with Crippen LogP contribution in [-0.4, -0.2) is 14.1 Å². The fourth-order valence-electron chi connectivity index (χ4n) is 11.9. The molecule has 5 heteroatoms. The minimum Gasteiger partial charge on any atom is -0.457 e. The summed E-state index contributed by atoms with van der Waals surface area (Å²) in [6.07, 6.45) is 1.91. The molecular formula is C74H60N4O. The molecule has 0 atom stereocenters. The summed E-state index contributed by atoms with van der Waals surface area (Å²) >= 11 is 0. The lowest BCUT2D eigenvalue weighted by Gasteiger charge is -2.23. The minimum atomic E-state index is -0.415. The van der Waals surface area contributed by atoms with Crippen LogP contribution in [0.5, 0.6) is 11.5 Å². The summed E-state index contributed by atoms with van der Waals surface area (Å²) in [5, 5.41) is 8.78. The van der Waals surface area contributed by atoms with Crippen molar-refractivity contribution >= 4 is 76.5 Å². The molecule has 0 N–H and O–H groups in total. The van der Waals surface area contributed by atoms with Crippen LogP contribution in [-0.2, 0) is 17.5 Å². The molecule has 0 unspecified atom stereocenters. The van der Waals surface area contributed by atoms with Crippen LogP contribution >= 0.6 is 0 Å². The van der Waals surface area contributed by atoms with E-state index in [1.54, 1.807) is 0 Å². The van der Waals surface area contributed by atoms with Gasteiger partial charge in [0, 0.05) is 51.1 Å². The number of hydrogen-bond acceptors (Lipinski definition) is 3. The lowest BCUT2D eigenvalue weighted by molar-refractivity contribution is 0.483. The van der Waals surface area contributed by atoms with Crippen molar-refractivity contribution in [2.45, 2.75) is 59.0 Å². The second-order valence-corrected chi connectivity index (χ2v) is 22.9.